The van der Waals surface area contributed by atoms with E-state index in [2.05, 4.69) is 21.4 Å². The molecule has 1 aliphatic carbocycles. The first-order chi connectivity index (χ1) is 11.1. The third-order valence-corrected chi connectivity index (χ3v) is 4.04. The monoisotopic (exact) mass is 315 g/mol. The zero-order chi connectivity index (χ0) is 16.7. The molecule has 0 unspecified atom stereocenters. The van der Waals surface area contributed by atoms with Crippen LogP contribution in [0.15, 0.2) is 24.3 Å². The van der Waals surface area contributed by atoms with Crippen LogP contribution in [0.2, 0.25) is 0 Å². The molecule has 0 radical (unpaired) electrons. The van der Waals surface area contributed by atoms with Gasteiger partial charge in [-0.25, -0.2) is 4.79 Å². The lowest BCUT2D eigenvalue weighted by Gasteiger charge is -2.31. The number of esters is 1. The minimum Gasteiger partial charge on any atom is -0.465 e. The molecule has 1 amide bonds. The average Bonchev–Trinajstić information content (AvgIpc) is 2.60. The van der Waals surface area contributed by atoms with Crippen molar-refractivity contribution in [2.24, 2.45) is 0 Å². The van der Waals surface area contributed by atoms with Crippen molar-refractivity contribution < 1.29 is 14.3 Å². The zero-order valence-corrected chi connectivity index (χ0v) is 13.2. The summed E-state index contributed by atoms with van der Waals surface area (Å²) in [6.45, 7) is 0.0497. The molecule has 2 rings (SSSR count). The Morgan fingerprint density at radius 3 is 2.70 bits per heavy atom. The molecule has 6 heteroatoms. The minimum absolute atomic E-state index is 0.0497. The summed E-state index contributed by atoms with van der Waals surface area (Å²) in [6.07, 6.45) is 4.43. The summed E-state index contributed by atoms with van der Waals surface area (Å²) in [4.78, 5) is 23.6. The third kappa shape index (κ3) is 4.46. The maximum Gasteiger partial charge on any atom is 0.337 e. The molecule has 0 saturated heterocycles. The highest BCUT2D eigenvalue weighted by atomic mass is 16.5. The summed E-state index contributed by atoms with van der Waals surface area (Å²) in [7, 11) is 1.32. The Hall–Kier alpha value is -2.55. The molecule has 122 valence electrons. The minimum atomic E-state index is -0.731. The second-order valence-corrected chi connectivity index (χ2v) is 5.73. The van der Waals surface area contributed by atoms with Crippen LogP contribution < -0.4 is 10.6 Å². The van der Waals surface area contributed by atoms with E-state index in [1.54, 1.807) is 24.3 Å². The highest BCUT2D eigenvalue weighted by molar-refractivity contribution is 5.90. The van der Waals surface area contributed by atoms with Gasteiger partial charge >= 0.3 is 5.97 Å². The maximum atomic E-state index is 12.1. The van der Waals surface area contributed by atoms with E-state index in [0.717, 1.165) is 19.3 Å². The number of nitrogens with one attached hydrogen (secondary N) is 2. The molecule has 1 saturated carbocycles. The van der Waals surface area contributed by atoms with Gasteiger partial charge in [-0.05, 0) is 31.0 Å². The number of carbonyl (C=O) groups excluding carboxylic acids is 2. The summed E-state index contributed by atoms with van der Waals surface area (Å²) >= 11 is 0. The van der Waals surface area contributed by atoms with E-state index in [1.165, 1.54) is 7.11 Å². The van der Waals surface area contributed by atoms with Gasteiger partial charge in [0, 0.05) is 5.69 Å². The van der Waals surface area contributed by atoms with Gasteiger partial charge in [-0.3, -0.25) is 4.79 Å². The Morgan fingerprint density at radius 1 is 1.30 bits per heavy atom. The maximum absolute atomic E-state index is 12.1. The van der Waals surface area contributed by atoms with Crippen LogP contribution in [0.25, 0.3) is 0 Å². The largest absolute Gasteiger partial charge is 0.465 e. The number of ether oxygens (including phenoxy) is 1. The predicted molar refractivity (Wildman–Crippen MR) is 85.8 cm³/mol. The number of carbonyl (C=O) groups is 2. The van der Waals surface area contributed by atoms with E-state index in [-0.39, 0.29) is 12.5 Å². The summed E-state index contributed by atoms with van der Waals surface area (Å²) < 4.78 is 4.66. The molecule has 1 fully saturated rings. The smallest absolute Gasteiger partial charge is 0.337 e. The number of nitriles is 1. The Bertz CT molecular complexity index is 616. The number of amides is 1. The zero-order valence-electron chi connectivity index (χ0n) is 13.2. The van der Waals surface area contributed by atoms with Gasteiger partial charge in [0.1, 0.15) is 5.54 Å². The molecule has 0 aromatic heterocycles. The first-order valence-electron chi connectivity index (χ1n) is 7.73. The standard InChI is InChI=1S/C17H21N3O3/c1-23-16(22)13-6-5-7-14(10-13)19-11-15(21)20-17(12-18)8-3-2-4-9-17/h5-7,10,19H,2-4,8-9,11H2,1H3,(H,20,21). The van der Waals surface area contributed by atoms with Crippen molar-refractivity contribution in [2.75, 3.05) is 19.0 Å². The molecule has 6 nitrogen and oxygen atoms in total. The number of nitrogens with zero attached hydrogens (tertiary/aromatic N) is 1. The van der Waals surface area contributed by atoms with Gasteiger partial charge in [0.25, 0.3) is 0 Å². The van der Waals surface area contributed by atoms with Crippen LogP contribution in [0.3, 0.4) is 0 Å². The van der Waals surface area contributed by atoms with Crippen molar-refractivity contribution >= 4 is 17.6 Å². The molecule has 0 heterocycles. The second kappa shape index (κ2) is 7.63. The number of rotatable bonds is 5. The number of anilines is 1. The van der Waals surface area contributed by atoms with Gasteiger partial charge in [-0.1, -0.05) is 25.3 Å². The molecule has 23 heavy (non-hydrogen) atoms. The first kappa shape index (κ1) is 16.8. The molecule has 2 N–H and O–H groups in total. The first-order valence-corrected chi connectivity index (χ1v) is 7.73. The van der Waals surface area contributed by atoms with Crippen molar-refractivity contribution in [3.8, 4) is 6.07 Å². The molecule has 0 spiro atoms. The fraction of sp³-hybridized carbons (Fsp3) is 0.471. The van der Waals surface area contributed by atoms with E-state index in [4.69, 9.17) is 0 Å². The van der Waals surface area contributed by atoms with Crippen molar-refractivity contribution in [2.45, 2.75) is 37.6 Å². The molecular weight excluding hydrogens is 294 g/mol. The topological polar surface area (TPSA) is 91.2 Å². The second-order valence-electron chi connectivity index (χ2n) is 5.73. The van der Waals surface area contributed by atoms with Gasteiger partial charge in [-0.15, -0.1) is 0 Å². The Kier molecular flexibility index (Phi) is 5.58. The predicted octanol–water partition coefficient (Wildman–Crippen LogP) is 2.23. The summed E-state index contributed by atoms with van der Waals surface area (Å²) in [5, 5.41) is 15.2. The highest BCUT2D eigenvalue weighted by Crippen LogP contribution is 2.27. The Morgan fingerprint density at radius 2 is 2.04 bits per heavy atom. The van der Waals surface area contributed by atoms with Crippen LogP contribution in [0.1, 0.15) is 42.5 Å². The quantitative estimate of drug-likeness (QED) is 0.813. The van der Waals surface area contributed by atoms with Crippen LogP contribution >= 0.6 is 0 Å². The fourth-order valence-electron chi connectivity index (χ4n) is 2.79. The van der Waals surface area contributed by atoms with Gasteiger partial charge in [0.15, 0.2) is 0 Å². The molecule has 1 aromatic carbocycles. The molecule has 1 aliphatic rings. The van der Waals surface area contributed by atoms with Gasteiger partial charge < -0.3 is 15.4 Å². The number of hydrogen-bond acceptors (Lipinski definition) is 5. The number of methoxy groups -OCH3 is 1. The van der Waals surface area contributed by atoms with Crippen LogP contribution in [0.4, 0.5) is 5.69 Å². The van der Waals surface area contributed by atoms with Crippen molar-refractivity contribution in [3.63, 3.8) is 0 Å². The van der Waals surface area contributed by atoms with Gasteiger partial charge in [0.2, 0.25) is 5.91 Å². The van der Waals surface area contributed by atoms with Crippen LogP contribution in [-0.2, 0) is 9.53 Å². The molecule has 0 atom stereocenters. The molecular formula is C17H21N3O3. The van der Waals surface area contributed by atoms with E-state index in [0.29, 0.717) is 24.1 Å². The van der Waals surface area contributed by atoms with Crippen molar-refractivity contribution in [3.05, 3.63) is 29.8 Å². The van der Waals surface area contributed by atoms with Crippen molar-refractivity contribution in [1.82, 2.24) is 5.32 Å². The summed E-state index contributed by atoms with van der Waals surface area (Å²) in [5.41, 5.74) is 0.335. The molecule has 1 aromatic rings. The van der Waals surface area contributed by atoms with E-state index in [1.807, 2.05) is 0 Å². The van der Waals surface area contributed by atoms with Crippen LogP contribution in [-0.4, -0.2) is 31.1 Å². The Labute approximate surface area is 135 Å². The fourth-order valence-corrected chi connectivity index (χ4v) is 2.79. The summed E-state index contributed by atoms with van der Waals surface area (Å²) in [6, 6.07) is 9.00. The summed E-state index contributed by atoms with van der Waals surface area (Å²) in [5.74, 6) is -0.652. The lowest BCUT2D eigenvalue weighted by molar-refractivity contribution is -0.121. The highest BCUT2D eigenvalue weighted by Gasteiger charge is 2.33. The average molecular weight is 315 g/mol. The van der Waals surface area contributed by atoms with Gasteiger partial charge in [-0.2, -0.15) is 5.26 Å². The SMILES string of the molecule is COC(=O)c1cccc(NCC(=O)NC2(C#N)CCCCC2)c1. The molecule has 0 aliphatic heterocycles. The van der Waals surface area contributed by atoms with E-state index in [9.17, 15) is 14.9 Å². The van der Waals surface area contributed by atoms with E-state index < -0.39 is 11.5 Å². The Balaban J connectivity index is 1.91. The van der Waals surface area contributed by atoms with Crippen LogP contribution in [0.5, 0.6) is 0 Å². The third-order valence-electron chi connectivity index (χ3n) is 4.04. The van der Waals surface area contributed by atoms with Crippen LogP contribution in [0, 0.1) is 11.3 Å². The number of benzene rings is 1. The van der Waals surface area contributed by atoms with E-state index >= 15 is 0 Å². The van der Waals surface area contributed by atoms with Gasteiger partial charge in [0.05, 0.1) is 25.3 Å². The normalized spacial score (nSPS) is 16.0. The van der Waals surface area contributed by atoms with Crippen molar-refractivity contribution in [1.29, 1.82) is 5.26 Å². The lowest BCUT2D eigenvalue weighted by atomic mass is 9.83. The number of hydrogen-bond donors (Lipinski definition) is 2. The lowest BCUT2D eigenvalue weighted by Crippen LogP contribution is -2.50. The molecule has 0 bridgehead atoms.